The summed E-state index contributed by atoms with van der Waals surface area (Å²) in [6.45, 7) is 6.43. The number of likely N-dealkylation sites (tertiary alicyclic amines) is 1. The van der Waals surface area contributed by atoms with Crippen molar-refractivity contribution in [3.63, 3.8) is 0 Å². The number of β-lactam (4-membered cyclic amide) rings is 1. The van der Waals surface area contributed by atoms with Gasteiger partial charge in [-0.25, -0.2) is 0 Å². The molecule has 1 fully saturated rings. The number of nitrogens with zero attached hydrogens (tertiary/aromatic N) is 1. The Balaban J connectivity index is 1.71. The maximum atomic E-state index is 13.4. The number of rotatable bonds is 4. The first kappa shape index (κ1) is 18.3. The lowest BCUT2D eigenvalue weighted by Crippen LogP contribution is -2.57. The molecule has 2 atom stereocenters. The highest BCUT2D eigenvalue weighted by molar-refractivity contribution is 6.02. The van der Waals surface area contributed by atoms with Crippen LogP contribution in [0.5, 0.6) is 5.75 Å². The summed E-state index contributed by atoms with van der Waals surface area (Å²) in [7, 11) is 0. The number of aryl methyl sites for hydroxylation is 2. The number of benzene rings is 2. The van der Waals surface area contributed by atoms with Gasteiger partial charge in [-0.15, -0.1) is 0 Å². The summed E-state index contributed by atoms with van der Waals surface area (Å²) in [6, 6.07) is 13.0. The molecule has 2 unspecified atom stereocenters. The van der Waals surface area contributed by atoms with Crippen LogP contribution in [-0.4, -0.2) is 35.4 Å². The highest BCUT2D eigenvalue weighted by Crippen LogP contribution is 2.34. The second-order valence-electron chi connectivity index (χ2n) is 7.44. The number of carbonyl (C=O) groups is 2. The normalized spacial score (nSPS) is 19.1. The molecule has 0 saturated carbocycles. The van der Waals surface area contributed by atoms with E-state index in [9.17, 15) is 9.59 Å². The number of hydrogen-bond donors (Lipinski definition) is 1. The first-order valence-corrected chi connectivity index (χ1v) is 9.59. The maximum Gasteiger partial charge on any atom is 0.251 e. The topological polar surface area (TPSA) is 58.6 Å². The van der Waals surface area contributed by atoms with E-state index in [1.54, 1.807) is 4.90 Å². The number of carbonyl (C=O) groups excluding carboxylic acids is 2. The van der Waals surface area contributed by atoms with Crippen LogP contribution in [0.4, 0.5) is 5.69 Å². The van der Waals surface area contributed by atoms with Crippen molar-refractivity contribution >= 4 is 23.6 Å². The molecule has 5 nitrogen and oxygen atoms in total. The SMILES string of the molecule is Cc1cccc(C)c1NC(=O)C(C1=Cc2ccccc2OC1C)N1CCC1=O. The molecule has 1 N–H and O–H groups in total. The lowest BCUT2D eigenvalue weighted by atomic mass is 9.92. The van der Waals surface area contributed by atoms with Gasteiger partial charge in [-0.2, -0.15) is 0 Å². The summed E-state index contributed by atoms with van der Waals surface area (Å²) in [5, 5.41) is 3.06. The smallest absolute Gasteiger partial charge is 0.251 e. The number of anilines is 1. The van der Waals surface area contributed by atoms with E-state index in [2.05, 4.69) is 5.32 Å². The Labute approximate surface area is 165 Å². The van der Waals surface area contributed by atoms with E-state index in [1.807, 2.05) is 69.3 Å². The fraction of sp³-hybridized carbons (Fsp3) is 0.304. The number of para-hydroxylation sites is 2. The highest BCUT2D eigenvalue weighted by Gasteiger charge is 2.41. The van der Waals surface area contributed by atoms with Crippen molar-refractivity contribution in [2.45, 2.75) is 39.3 Å². The summed E-state index contributed by atoms with van der Waals surface area (Å²) in [5.41, 5.74) is 4.52. The summed E-state index contributed by atoms with van der Waals surface area (Å²) in [6.07, 6.45) is 2.17. The molecule has 5 heteroatoms. The van der Waals surface area contributed by atoms with Gasteiger partial charge in [-0.3, -0.25) is 9.59 Å². The van der Waals surface area contributed by atoms with Gasteiger partial charge in [0.1, 0.15) is 17.9 Å². The molecule has 4 rings (SSSR count). The summed E-state index contributed by atoms with van der Waals surface area (Å²) < 4.78 is 6.04. The molecule has 1 saturated heterocycles. The van der Waals surface area contributed by atoms with Crippen molar-refractivity contribution in [3.8, 4) is 5.75 Å². The molecule has 0 aromatic heterocycles. The number of nitrogens with one attached hydrogen (secondary N) is 1. The zero-order valence-electron chi connectivity index (χ0n) is 16.4. The van der Waals surface area contributed by atoms with E-state index >= 15 is 0 Å². The molecule has 2 aromatic carbocycles. The van der Waals surface area contributed by atoms with Crippen LogP contribution in [0, 0.1) is 13.8 Å². The summed E-state index contributed by atoms with van der Waals surface area (Å²) in [5.74, 6) is 0.586. The molecular weight excluding hydrogens is 352 g/mol. The molecule has 28 heavy (non-hydrogen) atoms. The minimum atomic E-state index is -0.677. The van der Waals surface area contributed by atoms with Crippen molar-refractivity contribution in [3.05, 3.63) is 64.7 Å². The predicted octanol–water partition coefficient (Wildman–Crippen LogP) is 3.71. The van der Waals surface area contributed by atoms with Crippen molar-refractivity contribution in [2.24, 2.45) is 0 Å². The van der Waals surface area contributed by atoms with Crippen LogP contribution in [0.2, 0.25) is 0 Å². The standard InChI is InChI=1S/C23H24N2O3/c1-14-7-6-8-15(2)21(14)24-23(27)22(25-12-11-20(25)26)18-13-17-9-4-5-10-19(17)28-16(18)3/h4-10,13,16,22H,11-12H2,1-3H3,(H,24,27). The lowest BCUT2D eigenvalue weighted by Gasteiger charge is -2.41. The molecule has 0 bridgehead atoms. The van der Waals surface area contributed by atoms with Gasteiger partial charge in [0, 0.05) is 29.8 Å². The predicted molar refractivity (Wildman–Crippen MR) is 109 cm³/mol. The van der Waals surface area contributed by atoms with Crippen LogP contribution in [0.3, 0.4) is 0 Å². The van der Waals surface area contributed by atoms with Crippen LogP contribution in [0.25, 0.3) is 6.08 Å². The minimum Gasteiger partial charge on any atom is -0.486 e. The maximum absolute atomic E-state index is 13.4. The molecule has 0 aliphatic carbocycles. The molecule has 144 valence electrons. The number of amides is 2. The van der Waals surface area contributed by atoms with Crippen LogP contribution >= 0.6 is 0 Å². The average Bonchev–Trinajstić information content (AvgIpc) is 2.67. The van der Waals surface area contributed by atoms with E-state index in [0.29, 0.717) is 13.0 Å². The Morgan fingerprint density at radius 2 is 1.86 bits per heavy atom. The monoisotopic (exact) mass is 376 g/mol. The molecule has 0 radical (unpaired) electrons. The Morgan fingerprint density at radius 1 is 1.14 bits per heavy atom. The van der Waals surface area contributed by atoms with Gasteiger partial charge in [0.25, 0.3) is 5.91 Å². The molecular formula is C23H24N2O3. The fourth-order valence-electron chi connectivity index (χ4n) is 3.85. The van der Waals surface area contributed by atoms with Gasteiger partial charge in [-0.1, -0.05) is 36.4 Å². The third kappa shape index (κ3) is 3.17. The molecule has 2 aliphatic heterocycles. The van der Waals surface area contributed by atoms with Crippen molar-refractivity contribution in [2.75, 3.05) is 11.9 Å². The molecule has 2 aliphatic rings. The fourth-order valence-corrected chi connectivity index (χ4v) is 3.85. The summed E-state index contributed by atoms with van der Waals surface area (Å²) >= 11 is 0. The van der Waals surface area contributed by atoms with Crippen LogP contribution in [-0.2, 0) is 9.59 Å². The Hall–Kier alpha value is -3.08. The Morgan fingerprint density at radius 3 is 2.50 bits per heavy atom. The lowest BCUT2D eigenvalue weighted by molar-refractivity contribution is -0.146. The second-order valence-corrected chi connectivity index (χ2v) is 7.44. The third-order valence-corrected chi connectivity index (χ3v) is 5.51. The first-order chi connectivity index (χ1) is 13.5. The first-order valence-electron chi connectivity index (χ1n) is 9.59. The zero-order chi connectivity index (χ0) is 19.8. The molecule has 0 spiro atoms. The Kier molecular flexibility index (Phi) is 4.67. The molecule has 2 amide bonds. The van der Waals surface area contributed by atoms with Crippen molar-refractivity contribution in [1.29, 1.82) is 0 Å². The van der Waals surface area contributed by atoms with Gasteiger partial charge in [0.2, 0.25) is 5.91 Å². The van der Waals surface area contributed by atoms with Gasteiger partial charge in [0.15, 0.2) is 0 Å². The zero-order valence-corrected chi connectivity index (χ0v) is 16.4. The molecule has 2 heterocycles. The van der Waals surface area contributed by atoms with E-state index in [-0.39, 0.29) is 17.9 Å². The largest absolute Gasteiger partial charge is 0.486 e. The van der Waals surface area contributed by atoms with Gasteiger partial charge < -0.3 is 15.0 Å². The minimum absolute atomic E-state index is 0.00591. The van der Waals surface area contributed by atoms with Gasteiger partial charge >= 0.3 is 0 Å². The Bertz CT molecular complexity index is 959. The third-order valence-electron chi connectivity index (χ3n) is 5.51. The second kappa shape index (κ2) is 7.15. The van der Waals surface area contributed by atoms with Crippen LogP contribution < -0.4 is 10.1 Å². The average molecular weight is 376 g/mol. The summed E-state index contributed by atoms with van der Waals surface area (Å²) in [4.78, 5) is 27.2. The van der Waals surface area contributed by atoms with Crippen molar-refractivity contribution < 1.29 is 14.3 Å². The van der Waals surface area contributed by atoms with Gasteiger partial charge in [-0.05, 0) is 44.0 Å². The van der Waals surface area contributed by atoms with Gasteiger partial charge in [0.05, 0.1) is 0 Å². The molecule has 2 aromatic rings. The van der Waals surface area contributed by atoms with Crippen LogP contribution in [0.15, 0.2) is 48.0 Å². The highest BCUT2D eigenvalue weighted by atomic mass is 16.5. The number of hydrogen-bond acceptors (Lipinski definition) is 3. The van der Waals surface area contributed by atoms with E-state index in [4.69, 9.17) is 4.74 Å². The van der Waals surface area contributed by atoms with E-state index in [1.165, 1.54) is 0 Å². The van der Waals surface area contributed by atoms with E-state index in [0.717, 1.165) is 33.7 Å². The van der Waals surface area contributed by atoms with E-state index < -0.39 is 6.04 Å². The van der Waals surface area contributed by atoms with Crippen molar-refractivity contribution in [1.82, 2.24) is 4.90 Å². The number of fused-ring (bicyclic) bond motifs is 1. The van der Waals surface area contributed by atoms with Crippen LogP contribution in [0.1, 0.15) is 30.0 Å². The quantitative estimate of drug-likeness (QED) is 0.828. The number of ether oxygens (including phenoxy) is 1.